The van der Waals surface area contributed by atoms with Crippen LogP contribution >= 0.6 is 0 Å². The summed E-state index contributed by atoms with van der Waals surface area (Å²) in [6.07, 6.45) is 0. The molecule has 0 aliphatic heterocycles. The Labute approximate surface area is 164 Å². The van der Waals surface area contributed by atoms with E-state index in [1.54, 1.807) is 24.1 Å². The normalized spacial score (nSPS) is 11.7. The van der Waals surface area contributed by atoms with Crippen molar-refractivity contribution in [1.82, 2.24) is 4.90 Å². The first-order chi connectivity index (χ1) is 13.5. The topological polar surface area (TPSA) is 46.6 Å². The summed E-state index contributed by atoms with van der Waals surface area (Å²) in [6, 6.07) is 20.7. The minimum atomic E-state index is -0.126. The Hall–Kier alpha value is -3.40. The molecule has 28 heavy (non-hydrogen) atoms. The maximum atomic E-state index is 12.8. The summed E-state index contributed by atoms with van der Waals surface area (Å²) in [4.78, 5) is 27.0. The lowest BCUT2D eigenvalue weighted by Gasteiger charge is -2.18. The zero-order valence-corrected chi connectivity index (χ0v) is 15.9. The highest BCUT2D eigenvalue weighted by Gasteiger charge is 2.27. The van der Waals surface area contributed by atoms with E-state index in [2.05, 4.69) is 0 Å². The van der Waals surface area contributed by atoms with Gasteiger partial charge in [0.25, 0.3) is 5.91 Å². The van der Waals surface area contributed by atoms with Gasteiger partial charge in [-0.05, 0) is 47.9 Å². The molecule has 0 N–H and O–H groups in total. The smallest absolute Gasteiger partial charge is 0.253 e. The lowest BCUT2D eigenvalue weighted by atomic mass is 10.0. The molecule has 0 aromatic heterocycles. The van der Waals surface area contributed by atoms with Crippen LogP contribution in [0.1, 0.15) is 31.8 Å². The van der Waals surface area contributed by atoms with Crippen LogP contribution in [0, 0.1) is 6.92 Å². The number of carbonyl (C=O) groups is 2. The second-order valence-corrected chi connectivity index (χ2v) is 7.03. The second-order valence-electron chi connectivity index (χ2n) is 7.03. The van der Waals surface area contributed by atoms with Crippen molar-refractivity contribution in [3.8, 4) is 16.9 Å². The standard InChI is InChI=1S/C24H21NO3/c1-16-6-5-7-18(14-16)28-13-12-25(2)24(27)17-10-11-20-19-8-3-4-9-21(19)23(26)22(20)15-17/h3-11,14-15H,12-13H2,1-2H3. The Bertz CT molecular complexity index is 1070. The van der Waals surface area contributed by atoms with Crippen LogP contribution in [0.3, 0.4) is 0 Å². The van der Waals surface area contributed by atoms with E-state index in [9.17, 15) is 9.59 Å². The van der Waals surface area contributed by atoms with Gasteiger partial charge in [-0.2, -0.15) is 0 Å². The molecule has 0 fully saturated rings. The third kappa shape index (κ3) is 3.29. The summed E-state index contributed by atoms with van der Waals surface area (Å²) in [5.41, 5.74) is 4.76. The molecule has 1 amide bonds. The summed E-state index contributed by atoms with van der Waals surface area (Å²) in [6.45, 7) is 2.87. The van der Waals surface area contributed by atoms with E-state index in [0.717, 1.165) is 22.4 Å². The number of fused-ring (bicyclic) bond motifs is 3. The van der Waals surface area contributed by atoms with Gasteiger partial charge in [0, 0.05) is 23.7 Å². The number of hydrogen-bond donors (Lipinski definition) is 0. The average molecular weight is 371 g/mol. The Kier molecular flexibility index (Phi) is 4.70. The van der Waals surface area contributed by atoms with Gasteiger partial charge in [0.05, 0.1) is 6.54 Å². The molecule has 0 radical (unpaired) electrons. The van der Waals surface area contributed by atoms with Crippen molar-refractivity contribution in [2.24, 2.45) is 0 Å². The lowest BCUT2D eigenvalue weighted by molar-refractivity contribution is 0.0774. The van der Waals surface area contributed by atoms with Crippen LogP contribution in [0.2, 0.25) is 0 Å². The van der Waals surface area contributed by atoms with Crippen molar-refractivity contribution < 1.29 is 14.3 Å². The van der Waals surface area contributed by atoms with Gasteiger partial charge in [-0.15, -0.1) is 0 Å². The number of aryl methyl sites for hydroxylation is 1. The Morgan fingerprint density at radius 2 is 1.64 bits per heavy atom. The van der Waals surface area contributed by atoms with Crippen LogP contribution in [0.15, 0.2) is 66.7 Å². The number of rotatable bonds is 5. The van der Waals surface area contributed by atoms with Crippen LogP contribution < -0.4 is 4.74 Å². The molecule has 3 aromatic rings. The van der Waals surface area contributed by atoms with E-state index >= 15 is 0 Å². The fourth-order valence-electron chi connectivity index (χ4n) is 3.49. The number of ether oxygens (including phenoxy) is 1. The van der Waals surface area contributed by atoms with Gasteiger partial charge in [-0.25, -0.2) is 0 Å². The van der Waals surface area contributed by atoms with Crippen molar-refractivity contribution in [3.05, 3.63) is 89.0 Å². The van der Waals surface area contributed by atoms with Gasteiger partial charge in [0.2, 0.25) is 0 Å². The molecular formula is C24H21NO3. The largest absolute Gasteiger partial charge is 0.492 e. The number of benzene rings is 3. The van der Waals surface area contributed by atoms with Crippen LogP contribution in [0.4, 0.5) is 0 Å². The van der Waals surface area contributed by atoms with Crippen LogP contribution in [-0.2, 0) is 0 Å². The van der Waals surface area contributed by atoms with Gasteiger partial charge >= 0.3 is 0 Å². The highest BCUT2D eigenvalue weighted by molar-refractivity contribution is 6.22. The quantitative estimate of drug-likeness (QED) is 0.524. The highest BCUT2D eigenvalue weighted by Crippen LogP contribution is 2.36. The molecule has 0 unspecified atom stereocenters. The number of likely N-dealkylation sites (N-methyl/N-ethyl adjacent to an activating group) is 1. The van der Waals surface area contributed by atoms with E-state index in [1.165, 1.54) is 0 Å². The Morgan fingerprint density at radius 3 is 2.43 bits per heavy atom. The molecular weight excluding hydrogens is 350 g/mol. The minimum absolute atomic E-state index is 0.0225. The Balaban J connectivity index is 1.45. The summed E-state index contributed by atoms with van der Waals surface area (Å²) in [5, 5.41) is 0. The minimum Gasteiger partial charge on any atom is -0.492 e. The average Bonchev–Trinajstić information content (AvgIpc) is 2.99. The number of hydrogen-bond acceptors (Lipinski definition) is 3. The number of amides is 1. The first-order valence-corrected chi connectivity index (χ1v) is 9.27. The van der Waals surface area contributed by atoms with Gasteiger partial charge < -0.3 is 9.64 Å². The van der Waals surface area contributed by atoms with E-state index in [4.69, 9.17) is 4.74 Å². The molecule has 4 rings (SSSR count). The third-order valence-corrected chi connectivity index (χ3v) is 5.00. The summed E-state index contributed by atoms with van der Waals surface area (Å²) in [7, 11) is 1.74. The SMILES string of the molecule is Cc1cccc(OCCN(C)C(=O)c2ccc3c(c2)C(=O)c2ccccc2-3)c1. The fraction of sp³-hybridized carbons (Fsp3) is 0.167. The second kappa shape index (κ2) is 7.31. The first-order valence-electron chi connectivity index (χ1n) is 9.27. The monoisotopic (exact) mass is 371 g/mol. The first kappa shape index (κ1) is 18.0. The van der Waals surface area contributed by atoms with Crippen LogP contribution in [0.5, 0.6) is 5.75 Å². The number of ketones is 1. The summed E-state index contributed by atoms with van der Waals surface area (Å²) >= 11 is 0. The molecule has 140 valence electrons. The molecule has 1 aliphatic carbocycles. The molecule has 0 bridgehead atoms. The predicted molar refractivity (Wildman–Crippen MR) is 109 cm³/mol. The Morgan fingerprint density at radius 1 is 0.893 bits per heavy atom. The maximum Gasteiger partial charge on any atom is 0.253 e. The molecule has 4 heteroatoms. The third-order valence-electron chi connectivity index (χ3n) is 5.00. The molecule has 1 aliphatic rings. The molecule has 3 aromatic carbocycles. The zero-order chi connectivity index (χ0) is 19.7. The van der Waals surface area contributed by atoms with E-state index in [1.807, 2.05) is 61.5 Å². The number of carbonyl (C=O) groups excluding carboxylic acids is 2. The summed E-state index contributed by atoms with van der Waals surface area (Å²) in [5.74, 6) is 0.645. The van der Waals surface area contributed by atoms with Crippen molar-refractivity contribution in [2.45, 2.75) is 6.92 Å². The van der Waals surface area contributed by atoms with Crippen LogP contribution in [-0.4, -0.2) is 36.8 Å². The van der Waals surface area contributed by atoms with Crippen molar-refractivity contribution in [1.29, 1.82) is 0 Å². The molecule has 0 heterocycles. The zero-order valence-electron chi connectivity index (χ0n) is 15.9. The van der Waals surface area contributed by atoms with E-state index in [-0.39, 0.29) is 11.7 Å². The summed E-state index contributed by atoms with van der Waals surface area (Å²) < 4.78 is 5.73. The van der Waals surface area contributed by atoms with Crippen molar-refractivity contribution >= 4 is 11.7 Å². The van der Waals surface area contributed by atoms with Gasteiger partial charge in [-0.3, -0.25) is 9.59 Å². The highest BCUT2D eigenvalue weighted by atomic mass is 16.5. The van der Waals surface area contributed by atoms with E-state index in [0.29, 0.717) is 29.8 Å². The van der Waals surface area contributed by atoms with Gasteiger partial charge in [0.15, 0.2) is 5.78 Å². The maximum absolute atomic E-state index is 12.8. The van der Waals surface area contributed by atoms with Crippen LogP contribution in [0.25, 0.3) is 11.1 Å². The predicted octanol–water partition coefficient (Wildman–Crippen LogP) is 4.36. The van der Waals surface area contributed by atoms with Crippen molar-refractivity contribution in [3.63, 3.8) is 0 Å². The molecule has 0 atom stereocenters. The van der Waals surface area contributed by atoms with E-state index < -0.39 is 0 Å². The van der Waals surface area contributed by atoms with Gasteiger partial charge in [0.1, 0.15) is 12.4 Å². The van der Waals surface area contributed by atoms with Gasteiger partial charge in [-0.1, -0.05) is 42.5 Å². The fourth-order valence-corrected chi connectivity index (χ4v) is 3.49. The molecule has 4 nitrogen and oxygen atoms in total. The van der Waals surface area contributed by atoms with Crippen molar-refractivity contribution in [2.75, 3.05) is 20.2 Å². The molecule has 0 saturated heterocycles. The molecule has 0 spiro atoms. The molecule has 0 saturated carbocycles. The number of nitrogens with zero attached hydrogens (tertiary/aromatic N) is 1. The lowest BCUT2D eigenvalue weighted by Crippen LogP contribution is -2.31.